The van der Waals surface area contributed by atoms with Gasteiger partial charge in [-0.1, -0.05) is 62.4 Å². The standard InChI is InChI=1S/C18H21NO/c1-3-14-10-8-9-13-17(14)19-18(20)16(4-2)15-11-6-5-7-12-15/h5-13,16H,3-4H2,1-2H3,(H,19,20). The number of aryl methyl sites for hydroxylation is 1. The number of hydrogen-bond donors (Lipinski definition) is 1. The molecular weight excluding hydrogens is 246 g/mol. The average molecular weight is 267 g/mol. The summed E-state index contributed by atoms with van der Waals surface area (Å²) >= 11 is 0. The van der Waals surface area contributed by atoms with Gasteiger partial charge >= 0.3 is 0 Å². The third kappa shape index (κ3) is 3.27. The second-order valence-electron chi connectivity index (χ2n) is 4.87. The molecule has 0 fully saturated rings. The van der Waals surface area contributed by atoms with Crippen molar-refractivity contribution in [3.63, 3.8) is 0 Å². The van der Waals surface area contributed by atoms with Gasteiger partial charge < -0.3 is 5.32 Å². The molecule has 1 atom stereocenters. The van der Waals surface area contributed by atoms with Gasteiger partial charge in [-0.2, -0.15) is 0 Å². The Hall–Kier alpha value is -2.09. The van der Waals surface area contributed by atoms with Crippen LogP contribution >= 0.6 is 0 Å². The summed E-state index contributed by atoms with van der Waals surface area (Å²) in [5.41, 5.74) is 3.17. The number of anilines is 1. The topological polar surface area (TPSA) is 29.1 Å². The fraction of sp³-hybridized carbons (Fsp3) is 0.278. The minimum Gasteiger partial charge on any atom is -0.325 e. The van der Waals surface area contributed by atoms with Crippen LogP contribution in [0.5, 0.6) is 0 Å². The van der Waals surface area contributed by atoms with Gasteiger partial charge in [-0.15, -0.1) is 0 Å². The molecule has 0 heterocycles. The quantitative estimate of drug-likeness (QED) is 0.855. The summed E-state index contributed by atoms with van der Waals surface area (Å²) in [6.45, 7) is 4.14. The molecule has 2 rings (SSSR count). The molecule has 20 heavy (non-hydrogen) atoms. The predicted molar refractivity (Wildman–Crippen MR) is 83.9 cm³/mol. The lowest BCUT2D eigenvalue weighted by Crippen LogP contribution is -2.21. The largest absolute Gasteiger partial charge is 0.325 e. The van der Waals surface area contributed by atoms with Crippen molar-refractivity contribution in [3.8, 4) is 0 Å². The van der Waals surface area contributed by atoms with Gasteiger partial charge in [0.25, 0.3) is 0 Å². The molecule has 1 N–H and O–H groups in total. The summed E-state index contributed by atoms with van der Waals surface area (Å²) < 4.78 is 0. The summed E-state index contributed by atoms with van der Waals surface area (Å²) in [6.07, 6.45) is 1.71. The molecule has 0 saturated heterocycles. The Labute approximate surface area is 120 Å². The van der Waals surface area contributed by atoms with Crippen LogP contribution in [0.2, 0.25) is 0 Å². The normalized spacial score (nSPS) is 11.9. The van der Waals surface area contributed by atoms with Gasteiger partial charge in [0.05, 0.1) is 5.92 Å². The van der Waals surface area contributed by atoms with Crippen molar-refractivity contribution in [3.05, 3.63) is 65.7 Å². The van der Waals surface area contributed by atoms with E-state index in [1.165, 1.54) is 5.56 Å². The van der Waals surface area contributed by atoms with Crippen LogP contribution in [-0.4, -0.2) is 5.91 Å². The molecule has 1 unspecified atom stereocenters. The second-order valence-corrected chi connectivity index (χ2v) is 4.87. The number of hydrogen-bond acceptors (Lipinski definition) is 1. The molecule has 0 aliphatic heterocycles. The van der Waals surface area contributed by atoms with Gasteiger partial charge in [-0.05, 0) is 30.0 Å². The summed E-state index contributed by atoms with van der Waals surface area (Å²) in [6, 6.07) is 17.9. The van der Waals surface area contributed by atoms with Crippen LogP contribution in [0.4, 0.5) is 5.69 Å². The van der Waals surface area contributed by atoms with Crippen molar-refractivity contribution in [2.24, 2.45) is 0 Å². The van der Waals surface area contributed by atoms with Crippen molar-refractivity contribution in [1.29, 1.82) is 0 Å². The summed E-state index contributed by atoms with van der Waals surface area (Å²) in [7, 11) is 0. The van der Waals surface area contributed by atoms with E-state index in [0.717, 1.165) is 24.1 Å². The third-order valence-electron chi connectivity index (χ3n) is 3.58. The maximum atomic E-state index is 12.5. The molecule has 104 valence electrons. The van der Waals surface area contributed by atoms with E-state index in [9.17, 15) is 4.79 Å². The number of amides is 1. The minimum atomic E-state index is -0.0962. The molecule has 2 nitrogen and oxygen atoms in total. The highest BCUT2D eigenvalue weighted by atomic mass is 16.1. The van der Waals surface area contributed by atoms with E-state index in [1.807, 2.05) is 55.5 Å². The van der Waals surface area contributed by atoms with Crippen LogP contribution in [0.3, 0.4) is 0 Å². The highest BCUT2D eigenvalue weighted by Gasteiger charge is 2.18. The summed E-state index contributed by atoms with van der Waals surface area (Å²) in [5.74, 6) is -0.0271. The van der Waals surface area contributed by atoms with E-state index in [-0.39, 0.29) is 11.8 Å². The Balaban J connectivity index is 2.18. The molecule has 1 amide bonds. The molecular formula is C18H21NO. The highest BCUT2D eigenvalue weighted by Crippen LogP contribution is 2.23. The molecule has 0 saturated carbocycles. The van der Waals surface area contributed by atoms with Gasteiger partial charge in [0.15, 0.2) is 0 Å². The van der Waals surface area contributed by atoms with E-state index < -0.39 is 0 Å². The lowest BCUT2D eigenvalue weighted by Gasteiger charge is -2.17. The average Bonchev–Trinajstić information content (AvgIpc) is 2.49. The lowest BCUT2D eigenvalue weighted by atomic mass is 9.95. The molecule has 0 aliphatic carbocycles. The smallest absolute Gasteiger partial charge is 0.231 e. The predicted octanol–water partition coefficient (Wildman–Crippen LogP) is 4.38. The number of para-hydroxylation sites is 1. The van der Waals surface area contributed by atoms with Gasteiger partial charge in [-0.3, -0.25) is 4.79 Å². The van der Waals surface area contributed by atoms with Crippen LogP contribution in [0.25, 0.3) is 0 Å². The fourth-order valence-corrected chi connectivity index (χ4v) is 2.43. The van der Waals surface area contributed by atoms with Crippen LogP contribution in [0.15, 0.2) is 54.6 Å². The van der Waals surface area contributed by atoms with Gasteiger partial charge in [0.1, 0.15) is 0 Å². The highest BCUT2D eigenvalue weighted by molar-refractivity contribution is 5.96. The van der Waals surface area contributed by atoms with E-state index in [4.69, 9.17) is 0 Å². The van der Waals surface area contributed by atoms with Gasteiger partial charge in [0, 0.05) is 5.69 Å². The number of benzene rings is 2. The number of carbonyl (C=O) groups is 1. The monoisotopic (exact) mass is 267 g/mol. The van der Waals surface area contributed by atoms with E-state index in [1.54, 1.807) is 0 Å². The van der Waals surface area contributed by atoms with Crippen molar-refractivity contribution < 1.29 is 4.79 Å². The first-order chi connectivity index (χ1) is 9.76. The number of carbonyl (C=O) groups excluding carboxylic acids is 1. The number of nitrogens with one attached hydrogen (secondary N) is 1. The first kappa shape index (κ1) is 14.3. The summed E-state index contributed by atoms with van der Waals surface area (Å²) in [4.78, 5) is 12.5. The molecule has 0 bridgehead atoms. The Kier molecular flexibility index (Phi) is 4.94. The Bertz CT molecular complexity index is 563. The molecule has 0 aliphatic rings. The maximum Gasteiger partial charge on any atom is 0.231 e. The molecule has 0 radical (unpaired) electrons. The molecule has 2 heteroatoms. The van der Waals surface area contributed by atoms with Crippen molar-refractivity contribution in [1.82, 2.24) is 0 Å². The Morgan fingerprint density at radius 3 is 2.30 bits per heavy atom. The third-order valence-corrected chi connectivity index (χ3v) is 3.58. The van der Waals surface area contributed by atoms with Crippen molar-refractivity contribution >= 4 is 11.6 Å². The second kappa shape index (κ2) is 6.90. The SMILES string of the molecule is CCc1ccccc1NC(=O)C(CC)c1ccccc1. The zero-order valence-electron chi connectivity index (χ0n) is 12.1. The first-order valence-electron chi connectivity index (χ1n) is 7.20. The van der Waals surface area contributed by atoms with Crippen LogP contribution in [0.1, 0.15) is 37.3 Å². The van der Waals surface area contributed by atoms with Crippen molar-refractivity contribution in [2.45, 2.75) is 32.6 Å². The van der Waals surface area contributed by atoms with Crippen LogP contribution < -0.4 is 5.32 Å². The van der Waals surface area contributed by atoms with Crippen LogP contribution in [-0.2, 0) is 11.2 Å². The zero-order chi connectivity index (χ0) is 14.4. The van der Waals surface area contributed by atoms with Gasteiger partial charge in [0.2, 0.25) is 5.91 Å². The minimum absolute atomic E-state index is 0.0691. The molecule has 0 aromatic heterocycles. The van der Waals surface area contributed by atoms with Gasteiger partial charge in [-0.25, -0.2) is 0 Å². The molecule has 2 aromatic rings. The van der Waals surface area contributed by atoms with E-state index in [2.05, 4.69) is 18.3 Å². The lowest BCUT2D eigenvalue weighted by molar-refractivity contribution is -0.117. The van der Waals surface area contributed by atoms with Crippen molar-refractivity contribution in [2.75, 3.05) is 5.32 Å². The fourth-order valence-electron chi connectivity index (χ4n) is 2.43. The molecule has 2 aromatic carbocycles. The Morgan fingerprint density at radius 2 is 1.65 bits per heavy atom. The maximum absolute atomic E-state index is 12.5. The Morgan fingerprint density at radius 1 is 1.00 bits per heavy atom. The molecule has 0 spiro atoms. The van der Waals surface area contributed by atoms with Crippen LogP contribution in [0, 0.1) is 0 Å². The van der Waals surface area contributed by atoms with E-state index >= 15 is 0 Å². The van der Waals surface area contributed by atoms with E-state index in [0.29, 0.717) is 0 Å². The number of rotatable bonds is 5. The zero-order valence-corrected chi connectivity index (χ0v) is 12.1. The first-order valence-corrected chi connectivity index (χ1v) is 7.20. The summed E-state index contributed by atoms with van der Waals surface area (Å²) in [5, 5.41) is 3.07.